The third kappa shape index (κ3) is 5.23. The predicted octanol–water partition coefficient (Wildman–Crippen LogP) is 13.1. The molecule has 0 bridgehead atoms. The molecule has 4 nitrogen and oxygen atoms in total. The van der Waals surface area contributed by atoms with Crippen molar-refractivity contribution in [3.63, 3.8) is 0 Å². The van der Waals surface area contributed by atoms with Crippen LogP contribution in [0.15, 0.2) is 144 Å². The predicted molar refractivity (Wildman–Crippen MR) is 255 cm³/mol. The van der Waals surface area contributed by atoms with Crippen molar-refractivity contribution in [3.8, 4) is 39.5 Å². The Labute approximate surface area is 360 Å². The molecule has 0 amide bonds. The van der Waals surface area contributed by atoms with E-state index in [0.29, 0.717) is 0 Å². The largest absolute Gasteiger partial charge is 0.455 e. The molecule has 1 unspecified atom stereocenters. The summed E-state index contributed by atoms with van der Waals surface area (Å²) in [6.07, 6.45) is 2.52. The second kappa shape index (κ2) is 13.0. The Balaban J connectivity index is 1.39. The molecule has 9 aromatic rings. The van der Waals surface area contributed by atoms with E-state index < -0.39 is 13.7 Å². The molecule has 302 valence electrons. The van der Waals surface area contributed by atoms with E-state index in [1.54, 1.807) is 0 Å². The van der Waals surface area contributed by atoms with Crippen LogP contribution in [0, 0.1) is 0 Å². The summed E-state index contributed by atoms with van der Waals surface area (Å²) >= 11 is 0. The number of fused-ring (bicyclic) bond motifs is 16. The van der Waals surface area contributed by atoms with Gasteiger partial charge in [0, 0.05) is 33.2 Å². The first-order valence-corrected chi connectivity index (χ1v) is 25.7. The fourth-order valence-electron chi connectivity index (χ4n) is 10.6. The van der Waals surface area contributed by atoms with Crippen LogP contribution in [0.2, 0.25) is 19.6 Å². The second-order valence-electron chi connectivity index (χ2n) is 20.2. The third-order valence-electron chi connectivity index (χ3n) is 13.7. The monoisotopic (exact) mass is 813 g/mol. The molecule has 0 aliphatic carbocycles. The Hall–Kier alpha value is -6.04. The molecule has 0 saturated heterocycles. The van der Waals surface area contributed by atoms with E-state index in [1.807, 2.05) is 0 Å². The standard InChI is InChI=1S/C56H55N3OSi/c1-34(2)43-30-37(36-18-12-11-13-19-36)31-44(35(3)4)52(43)58-48-21-15-16-22-49(48)59-54(58)51-45(28-27-41-40-20-14-17-23-50(40)60-53(41)51)56(59)46-32-38(55(5,6)7)24-26-42(46)47-29-25-39(33-57(47)56)61(8,9)10/h11-35H,1-10H3/q+2. The number of furan rings is 1. The molecule has 5 heteroatoms. The summed E-state index contributed by atoms with van der Waals surface area (Å²) in [6, 6.07) is 50.4. The van der Waals surface area contributed by atoms with Gasteiger partial charge in [0.25, 0.3) is 0 Å². The fraction of sp³-hybridized carbons (Fsp3) is 0.250. The van der Waals surface area contributed by atoms with Crippen LogP contribution < -0.4 is 14.3 Å². The number of imidazole rings is 1. The van der Waals surface area contributed by atoms with E-state index in [4.69, 9.17) is 4.42 Å². The highest BCUT2D eigenvalue weighted by molar-refractivity contribution is 6.88. The van der Waals surface area contributed by atoms with Crippen LogP contribution in [0.4, 0.5) is 0 Å². The zero-order chi connectivity index (χ0) is 42.3. The lowest BCUT2D eigenvalue weighted by molar-refractivity contribution is -0.944. The van der Waals surface area contributed by atoms with Crippen LogP contribution in [-0.4, -0.2) is 12.6 Å². The first-order valence-electron chi connectivity index (χ1n) is 22.2. The van der Waals surface area contributed by atoms with E-state index >= 15 is 0 Å². The lowest BCUT2D eigenvalue weighted by atomic mass is 9.82. The number of rotatable bonds is 5. The summed E-state index contributed by atoms with van der Waals surface area (Å²) in [7, 11) is -1.77. The summed E-state index contributed by atoms with van der Waals surface area (Å²) in [5.41, 5.74) is 17.4. The molecule has 0 radical (unpaired) electrons. The van der Waals surface area contributed by atoms with Gasteiger partial charge >= 0.3 is 11.5 Å². The minimum Gasteiger partial charge on any atom is -0.455 e. The smallest absolute Gasteiger partial charge is 0.364 e. The molecular formula is C56H55N3OSi+2. The quantitative estimate of drug-likeness (QED) is 0.126. The van der Waals surface area contributed by atoms with Gasteiger partial charge in [0.15, 0.2) is 22.8 Å². The van der Waals surface area contributed by atoms with Gasteiger partial charge in [-0.05, 0) is 88.5 Å². The maximum Gasteiger partial charge on any atom is 0.364 e. The molecule has 0 saturated carbocycles. The number of nitrogens with zero attached hydrogens (tertiary/aromatic N) is 3. The summed E-state index contributed by atoms with van der Waals surface area (Å²) < 4.78 is 15.2. The second-order valence-corrected chi connectivity index (χ2v) is 25.3. The van der Waals surface area contributed by atoms with Crippen molar-refractivity contribution in [1.82, 2.24) is 4.57 Å². The minimum absolute atomic E-state index is 0.0520. The molecule has 2 aliphatic rings. The van der Waals surface area contributed by atoms with E-state index in [-0.39, 0.29) is 17.3 Å². The molecule has 1 spiro atoms. The van der Waals surface area contributed by atoms with Gasteiger partial charge in [-0.15, -0.1) is 9.13 Å². The molecule has 5 heterocycles. The van der Waals surface area contributed by atoms with Crippen molar-refractivity contribution in [2.45, 2.75) is 91.0 Å². The average Bonchev–Trinajstić information content (AvgIpc) is 3.96. The minimum atomic E-state index is -1.77. The average molecular weight is 814 g/mol. The highest BCUT2D eigenvalue weighted by Gasteiger charge is 2.67. The summed E-state index contributed by atoms with van der Waals surface area (Å²) in [4.78, 5) is 0. The number of para-hydroxylation sites is 3. The van der Waals surface area contributed by atoms with E-state index in [9.17, 15) is 0 Å². The number of hydrogen-bond donors (Lipinski definition) is 0. The topological polar surface area (TPSA) is 25.8 Å². The summed E-state index contributed by atoms with van der Waals surface area (Å²) in [5, 5.41) is 3.72. The van der Waals surface area contributed by atoms with Gasteiger partial charge in [0.1, 0.15) is 16.8 Å². The third-order valence-corrected chi connectivity index (χ3v) is 15.7. The molecule has 3 aromatic heterocycles. The van der Waals surface area contributed by atoms with Gasteiger partial charge in [-0.3, -0.25) is 0 Å². The van der Waals surface area contributed by atoms with Crippen molar-refractivity contribution < 1.29 is 13.6 Å². The lowest BCUT2D eigenvalue weighted by Gasteiger charge is -2.24. The molecule has 1 atom stereocenters. The summed E-state index contributed by atoms with van der Waals surface area (Å²) in [5.74, 6) is 1.67. The Kier molecular flexibility index (Phi) is 8.07. The number of pyridine rings is 1. The first-order chi connectivity index (χ1) is 29.2. The molecule has 61 heavy (non-hydrogen) atoms. The van der Waals surface area contributed by atoms with Crippen LogP contribution in [0.5, 0.6) is 0 Å². The van der Waals surface area contributed by atoms with Gasteiger partial charge in [-0.25, -0.2) is 0 Å². The Morgan fingerprint density at radius 3 is 2.05 bits per heavy atom. The van der Waals surface area contributed by atoms with Crippen molar-refractivity contribution >= 4 is 46.2 Å². The van der Waals surface area contributed by atoms with Crippen LogP contribution in [0.3, 0.4) is 0 Å². The normalized spacial score (nSPS) is 15.7. The van der Waals surface area contributed by atoms with Gasteiger partial charge < -0.3 is 4.42 Å². The highest BCUT2D eigenvalue weighted by Crippen LogP contribution is 2.53. The van der Waals surface area contributed by atoms with Crippen LogP contribution in [0.25, 0.3) is 72.4 Å². The molecule has 0 N–H and O–H groups in total. The van der Waals surface area contributed by atoms with E-state index in [2.05, 4.69) is 221 Å². The lowest BCUT2D eigenvalue weighted by Crippen LogP contribution is -2.72. The summed E-state index contributed by atoms with van der Waals surface area (Å²) in [6.45, 7) is 23.8. The van der Waals surface area contributed by atoms with Crippen molar-refractivity contribution in [3.05, 3.63) is 167 Å². The van der Waals surface area contributed by atoms with Gasteiger partial charge in [-0.1, -0.05) is 141 Å². The highest BCUT2D eigenvalue weighted by atomic mass is 28.3. The van der Waals surface area contributed by atoms with Gasteiger partial charge in [0.05, 0.1) is 24.8 Å². The Morgan fingerprint density at radius 2 is 1.34 bits per heavy atom. The first kappa shape index (κ1) is 37.9. The van der Waals surface area contributed by atoms with E-state index in [1.165, 1.54) is 72.1 Å². The van der Waals surface area contributed by atoms with Crippen molar-refractivity contribution in [2.24, 2.45) is 0 Å². The molecule has 11 rings (SSSR count). The number of benzene rings is 6. The number of hydrogen-bond acceptors (Lipinski definition) is 1. The zero-order valence-corrected chi connectivity index (χ0v) is 38.2. The molecule has 0 fully saturated rings. The molecule has 6 aromatic carbocycles. The molecular weight excluding hydrogens is 759 g/mol. The van der Waals surface area contributed by atoms with Crippen molar-refractivity contribution in [1.29, 1.82) is 0 Å². The Morgan fingerprint density at radius 1 is 0.656 bits per heavy atom. The maximum atomic E-state index is 7.18. The SMILES string of the molecule is CC(C)c1cc(-c2ccccc2)cc(C(C)C)c1-n1c2[n+](c3ccccc31)C1(c3cc(C(C)(C)C)ccc3-c3ccc([Si](C)(C)C)c[n+]31)c1ccc3c(oc4ccccc43)c1-2. The van der Waals surface area contributed by atoms with Crippen LogP contribution >= 0.6 is 0 Å². The van der Waals surface area contributed by atoms with Gasteiger partial charge in [0.2, 0.25) is 5.69 Å². The Bertz CT molecular complexity index is 3180. The van der Waals surface area contributed by atoms with Gasteiger partial charge in [-0.2, -0.15) is 4.57 Å². The zero-order valence-electron chi connectivity index (χ0n) is 37.2. The van der Waals surface area contributed by atoms with Crippen molar-refractivity contribution in [2.75, 3.05) is 0 Å². The number of aromatic nitrogens is 3. The molecule has 2 aliphatic heterocycles. The van der Waals surface area contributed by atoms with E-state index in [0.717, 1.165) is 33.3 Å². The maximum absolute atomic E-state index is 7.18. The van der Waals surface area contributed by atoms with Crippen LogP contribution in [0.1, 0.15) is 88.1 Å². The fourth-order valence-corrected chi connectivity index (χ4v) is 11.7. The van der Waals surface area contributed by atoms with Crippen LogP contribution in [-0.2, 0) is 11.1 Å².